The zero-order valence-electron chi connectivity index (χ0n) is 10.8. The van der Waals surface area contributed by atoms with Gasteiger partial charge in [0.25, 0.3) is 0 Å². The zero-order chi connectivity index (χ0) is 14.1. The molecule has 19 heavy (non-hydrogen) atoms. The lowest BCUT2D eigenvalue weighted by molar-refractivity contribution is -0.132. The highest BCUT2D eigenvalue weighted by Gasteiger charge is 2.01. The van der Waals surface area contributed by atoms with Crippen LogP contribution < -0.4 is 10.6 Å². The van der Waals surface area contributed by atoms with Crippen molar-refractivity contribution in [1.82, 2.24) is 10.6 Å². The van der Waals surface area contributed by atoms with Crippen molar-refractivity contribution in [2.24, 2.45) is 0 Å². The highest BCUT2D eigenvalue weighted by atomic mass is 16.4. The minimum absolute atomic E-state index is 0.120. The Kier molecular flexibility index (Phi) is 6.32. The van der Waals surface area contributed by atoms with Gasteiger partial charge in [-0.3, -0.25) is 4.79 Å². The Hall–Kier alpha value is -2.14. The minimum Gasteiger partial charge on any atom is -0.478 e. The zero-order valence-corrected chi connectivity index (χ0v) is 10.8. The molecule has 0 bridgehead atoms. The molecule has 0 saturated heterocycles. The Labute approximate surface area is 112 Å². The number of benzene rings is 1. The van der Waals surface area contributed by atoms with E-state index in [9.17, 15) is 9.59 Å². The van der Waals surface area contributed by atoms with Gasteiger partial charge < -0.3 is 15.7 Å². The van der Waals surface area contributed by atoms with Crippen molar-refractivity contribution in [3.05, 3.63) is 47.5 Å². The SMILES string of the molecule is C/C(=C/CNCC(=O)NCc1ccccc1)C(=O)O. The Balaban J connectivity index is 2.19. The van der Waals surface area contributed by atoms with Crippen LogP contribution in [0.25, 0.3) is 0 Å². The van der Waals surface area contributed by atoms with E-state index in [-0.39, 0.29) is 18.0 Å². The van der Waals surface area contributed by atoms with E-state index < -0.39 is 5.97 Å². The van der Waals surface area contributed by atoms with Gasteiger partial charge in [-0.25, -0.2) is 4.79 Å². The molecule has 3 N–H and O–H groups in total. The molecule has 1 aromatic rings. The molecule has 0 saturated carbocycles. The van der Waals surface area contributed by atoms with Gasteiger partial charge in [0.05, 0.1) is 6.54 Å². The first-order chi connectivity index (χ1) is 9.09. The summed E-state index contributed by atoms with van der Waals surface area (Å²) in [5.41, 5.74) is 1.30. The molecule has 1 aromatic carbocycles. The van der Waals surface area contributed by atoms with Crippen LogP contribution in [0.1, 0.15) is 12.5 Å². The molecule has 1 rings (SSSR count). The number of hydrogen-bond acceptors (Lipinski definition) is 3. The van der Waals surface area contributed by atoms with Crippen molar-refractivity contribution >= 4 is 11.9 Å². The predicted octanol–water partition coefficient (Wildman–Crippen LogP) is 0.923. The molecule has 0 aromatic heterocycles. The predicted molar refractivity (Wildman–Crippen MR) is 72.6 cm³/mol. The highest BCUT2D eigenvalue weighted by molar-refractivity contribution is 5.85. The van der Waals surface area contributed by atoms with Crippen LogP contribution in [0.4, 0.5) is 0 Å². The molecular weight excluding hydrogens is 244 g/mol. The lowest BCUT2D eigenvalue weighted by Crippen LogP contribution is -2.33. The Morgan fingerprint density at radius 2 is 1.95 bits per heavy atom. The van der Waals surface area contributed by atoms with Gasteiger partial charge >= 0.3 is 5.97 Å². The lowest BCUT2D eigenvalue weighted by Gasteiger charge is -2.05. The van der Waals surface area contributed by atoms with Gasteiger partial charge in [-0.05, 0) is 12.5 Å². The second-order valence-corrected chi connectivity index (χ2v) is 4.09. The van der Waals surface area contributed by atoms with E-state index in [0.29, 0.717) is 13.1 Å². The summed E-state index contributed by atoms with van der Waals surface area (Å²) < 4.78 is 0. The van der Waals surface area contributed by atoms with E-state index >= 15 is 0 Å². The van der Waals surface area contributed by atoms with Gasteiger partial charge in [-0.2, -0.15) is 0 Å². The number of nitrogens with one attached hydrogen (secondary N) is 2. The van der Waals surface area contributed by atoms with E-state index in [2.05, 4.69) is 10.6 Å². The Bertz CT molecular complexity index is 455. The summed E-state index contributed by atoms with van der Waals surface area (Å²) >= 11 is 0. The first kappa shape index (κ1) is 14.9. The van der Waals surface area contributed by atoms with Crippen LogP contribution in [-0.2, 0) is 16.1 Å². The minimum atomic E-state index is -0.949. The first-order valence-electron chi connectivity index (χ1n) is 6.01. The number of carboxylic acid groups (broad SMARTS) is 1. The summed E-state index contributed by atoms with van der Waals surface area (Å²) in [6, 6.07) is 9.63. The maximum atomic E-state index is 11.5. The molecule has 5 nitrogen and oxygen atoms in total. The summed E-state index contributed by atoms with van der Waals surface area (Å²) in [6.07, 6.45) is 1.53. The van der Waals surface area contributed by atoms with Crippen LogP contribution >= 0.6 is 0 Å². The normalized spacial score (nSPS) is 11.1. The van der Waals surface area contributed by atoms with Crippen molar-refractivity contribution in [3.63, 3.8) is 0 Å². The number of rotatable bonds is 7. The van der Waals surface area contributed by atoms with Crippen molar-refractivity contribution in [2.75, 3.05) is 13.1 Å². The largest absolute Gasteiger partial charge is 0.478 e. The molecule has 0 heterocycles. The van der Waals surface area contributed by atoms with E-state index in [1.54, 1.807) is 0 Å². The fourth-order valence-electron chi connectivity index (χ4n) is 1.36. The summed E-state index contributed by atoms with van der Waals surface area (Å²) in [6.45, 7) is 2.53. The average Bonchev–Trinajstić information content (AvgIpc) is 2.42. The summed E-state index contributed by atoms with van der Waals surface area (Å²) in [7, 11) is 0. The molecule has 102 valence electrons. The fourth-order valence-corrected chi connectivity index (χ4v) is 1.36. The first-order valence-corrected chi connectivity index (χ1v) is 6.01. The van der Waals surface area contributed by atoms with Crippen LogP contribution in [0.2, 0.25) is 0 Å². The van der Waals surface area contributed by atoms with Gasteiger partial charge in [0.2, 0.25) is 5.91 Å². The summed E-state index contributed by atoms with van der Waals surface area (Å²) in [4.78, 5) is 22.0. The van der Waals surface area contributed by atoms with Crippen LogP contribution in [0.15, 0.2) is 42.0 Å². The van der Waals surface area contributed by atoms with Gasteiger partial charge in [-0.15, -0.1) is 0 Å². The van der Waals surface area contributed by atoms with E-state index in [1.165, 1.54) is 13.0 Å². The third-order valence-corrected chi connectivity index (χ3v) is 2.51. The molecule has 1 amide bonds. The number of amides is 1. The second-order valence-electron chi connectivity index (χ2n) is 4.09. The van der Waals surface area contributed by atoms with E-state index in [1.807, 2.05) is 30.3 Å². The smallest absolute Gasteiger partial charge is 0.330 e. The van der Waals surface area contributed by atoms with Crippen LogP contribution in [-0.4, -0.2) is 30.1 Å². The molecule has 0 aliphatic carbocycles. The number of aliphatic carboxylic acids is 1. The van der Waals surface area contributed by atoms with Crippen molar-refractivity contribution < 1.29 is 14.7 Å². The van der Waals surface area contributed by atoms with Gasteiger partial charge in [0, 0.05) is 18.7 Å². The molecule has 0 atom stereocenters. The third kappa shape index (κ3) is 6.38. The summed E-state index contributed by atoms with van der Waals surface area (Å²) in [5, 5.41) is 14.3. The topological polar surface area (TPSA) is 78.4 Å². The standard InChI is InChI=1S/C14H18N2O3/c1-11(14(18)19)7-8-15-10-13(17)16-9-12-5-3-2-4-6-12/h2-7,15H,8-10H2,1H3,(H,16,17)(H,18,19)/b11-7-. The van der Waals surface area contributed by atoms with Crippen LogP contribution in [0, 0.1) is 0 Å². The lowest BCUT2D eigenvalue weighted by atomic mass is 10.2. The molecule has 0 radical (unpaired) electrons. The van der Waals surface area contributed by atoms with Crippen molar-refractivity contribution in [1.29, 1.82) is 0 Å². The van der Waals surface area contributed by atoms with Gasteiger partial charge in [0.1, 0.15) is 0 Å². The molecule has 0 spiro atoms. The maximum Gasteiger partial charge on any atom is 0.330 e. The number of carboxylic acids is 1. The monoisotopic (exact) mass is 262 g/mol. The molecule has 0 aliphatic heterocycles. The van der Waals surface area contributed by atoms with E-state index in [4.69, 9.17) is 5.11 Å². The van der Waals surface area contributed by atoms with Gasteiger partial charge in [0.15, 0.2) is 0 Å². The number of hydrogen-bond donors (Lipinski definition) is 3. The average molecular weight is 262 g/mol. The van der Waals surface area contributed by atoms with E-state index in [0.717, 1.165) is 5.56 Å². The molecular formula is C14H18N2O3. The number of carbonyl (C=O) groups is 2. The summed E-state index contributed by atoms with van der Waals surface area (Å²) in [5.74, 6) is -1.07. The highest BCUT2D eigenvalue weighted by Crippen LogP contribution is 1.96. The van der Waals surface area contributed by atoms with Crippen LogP contribution in [0.3, 0.4) is 0 Å². The second kappa shape index (κ2) is 8.05. The van der Waals surface area contributed by atoms with Gasteiger partial charge in [-0.1, -0.05) is 36.4 Å². The maximum absolute atomic E-state index is 11.5. The number of carbonyl (C=O) groups excluding carboxylic acids is 1. The molecule has 5 heteroatoms. The van der Waals surface area contributed by atoms with Crippen molar-refractivity contribution in [2.45, 2.75) is 13.5 Å². The molecule has 0 aliphatic rings. The Morgan fingerprint density at radius 3 is 2.58 bits per heavy atom. The van der Waals surface area contributed by atoms with Crippen molar-refractivity contribution in [3.8, 4) is 0 Å². The fraction of sp³-hybridized carbons (Fsp3) is 0.286. The molecule has 0 unspecified atom stereocenters. The third-order valence-electron chi connectivity index (χ3n) is 2.51. The quantitative estimate of drug-likeness (QED) is 0.504. The molecule has 0 fully saturated rings. The Morgan fingerprint density at radius 1 is 1.26 bits per heavy atom. The van der Waals surface area contributed by atoms with Crippen LogP contribution in [0.5, 0.6) is 0 Å².